The highest BCUT2D eigenvalue weighted by Crippen LogP contribution is 2.29. The van der Waals surface area contributed by atoms with E-state index in [0.29, 0.717) is 15.2 Å². The molecule has 1 rings (SSSR count). The molecule has 0 aliphatic carbocycles. The fourth-order valence-corrected chi connectivity index (χ4v) is 1.79. The Bertz CT molecular complexity index is 475. The first kappa shape index (κ1) is 13.1. The van der Waals surface area contributed by atoms with E-state index in [4.69, 9.17) is 17.3 Å². The molecule has 0 saturated carbocycles. The van der Waals surface area contributed by atoms with E-state index in [1.165, 1.54) is 0 Å². The maximum atomic E-state index is 6.14. The molecular formula is C13H13BrClN. The Kier molecular flexibility index (Phi) is 4.39. The van der Waals surface area contributed by atoms with Crippen LogP contribution in [-0.4, -0.2) is 0 Å². The van der Waals surface area contributed by atoms with Gasteiger partial charge in [-0.2, -0.15) is 0 Å². The molecule has 0 aromatic heterocycles. The monoisotopic (exact) mass is 297 g/mol. The van der Waals surface area contributed by atoms with Crippen molar-refractivity contribution in [2.45, 2.75) is 6.92 Å². The van der Waals surface area contributed by atoms with Crippen LogP contribution in [0.15, 0.2) is 47.6 Å². The van der Waals surface area contributed by atoms with Crippen LogP contribution in [0.4, 0.5) is 0 Å². The molecule has 1 aromatic carbocycles. The second kappa shape index (κ2) is 5.37. The summed E-state index contributed by atoms with van der Waals surface area (Å²) in [4.78, 5) is 0. The molecule has 3 heteroatoms. The molecule has 0 atom stereocenters. The van der Waals surface area contributed by atoms with Crippen molar-refractivity contribution in [3.8, 4) is 0 Å². The van der Waals surface area contributed by atoms with Crippen LogP contribution in [0, 0.1) is 6.92 Å². The van der Waals surface area contributed by atoms with Crippen molar-refractivity contribution >= 4 is 33.1 Å². The molecule has 16 heavy (non-hydrogen) atoms. The van der Waals surface area contributed by atoms with E-state index in [1.807, 2.05) is 25.1 Å². The van der Waals surface area contributed by atoms with Crippen LogP contribution in [-0.2, 0) is 0 Å². The van der Waals surface area contributed by atoms with Gasteiger partial charge in [-0.15, -0.1) is 0 Å². The molecule has 0 unspecified atom stereocenters. The number of allylic oxidation sites excluding steroid dienone is 3. The van der Waals surface area contributed by atoms with Crippen LogP contribution in [0.3, 0.4) is 0 Å². The van der Waals surface area contributed by atoms with Gasteiger partial charge in [0.05, 0.1) is 5.70 Å². The average molecular weight is 299 g/mol. The van der Waals surface area contributed by atoms with E-state index in [2.05, 4.69) is 29.1 Å². The Morgan fingerprint density at radius 3 is 2.62 bits per heavy atom. The maximum absolute atomic E-state index is 6.14. The van der Waals surface area contributed by atoms with Gasteiger partial charge < -0.3 is 5.73 Å². The minimum atomic E-state index is 0.544. The lowest BCUT2D eigenvalue weighted by molar-refractivity contribution is 1.39. The number of nitrogens with two attached hydrogens (primary N) is 1. The van der Waals surface area contributed by atoms with Gasteiger partial charge in [-0.05, 0) is 35.0 Å². The van der Waals surface area contributed by atoms with Gasteiger partial charge in [-0.25, -0.2) is 0 Å². The summed E-state index contributed by atoms with van der Waals surface area (Å²) < 4.78 is 0.625. The number of hydrogen-bond donors (Lipinski definition) is 1. The zero-order valence-electron chi connectivity index (χ0n) is 9.06. The lowest BCUT2D eigenvalue weighted by atomic mass is 10.0. The number of hydrogen-bond acceptors (Lipinski definition) is 1. The second-order valence-corrected chi connectivity index (χ2v) is 4.78. The Balaban J connectivity index is 3.46. The van der Waals surface area contributed by atoms with Gasteiger partial charge in [0.15, 0.2) is 0 Å². The van der Waals surface area contributed by atoms with Gasteiger partial charge in [-0.1, -0.05) is 42.5 Å². The molecule has 0 amide bonds. The summed E-state index contributed by atoms with van der Waals surface area (Å²) in [6, 6.07) is 5.77. The molecular weight excluding hydrogens is 286 g/mol. The zero-order chi connectivity index (χ0) is 12.3. The number of halogens is 2. The Hall–Kier alpha value is -0.990. The fraction of sp³-hybridized carbons (Fsp3) is 0.0769. The lowest BCUT2D eigenvalue weighted by Crippen LogP contribution is -2.01. The molecule has 0 saturated heterocycles. The molecule has 1 aromatic rings. The van der Waals surface area contributed by atoms with Crippen molar-refractivity contribution in [2.75, 3.05) is 0 Å². The molecule has 1 nitrogen and oxygen atoms in total. The van der Waals surface area contributed by atoms with Gasteiger partial charge in [-0.3, -0.25) is 0 Å². The standard InChI is InChI=1S/C13H13BrClN/c1-4-10(13(16)9(3)14)11-7-8(2)5-6-12(11)15/h4-7H,1,3,16H2,2H3/b13-10-. The van der Waals surface area contributed by atoms with E-state index in [9.17, 15) is 0 Å². The minimum Gasteiger partial charge on any atom is -0.397 e. The van der Waals surface area contributed by atoms with Crippen LogP contribution in [0.5, 0.6) is 0 Å². The summed E-state index contributed by atoms with van der Waals surface area (Å²) in [7, 11) is 0. The fourth-order valence-electron chi connectivity index (χ4n) is 1.36. The summed E-state index contributed by atoms with van der Waals surface area (Å²) in [5.41, 5.74) is 9.24. The van der Waals surface area contributed by atoms with Gasteiger partial charge in [0.1, 0.15) is 0 Å². The topological polar surface area (TPSA) is 26.0 Å². The van der Waals surface area contributed by atoms with Crippen molar-refractivity contribution in [2.24, 2.45) is 5.73 Å². The average Bonchev–Trinajstić information content (AvgIpc) is 2.23. The van der Waals surface area contributed by atoms with E-state index < -0.39 is 0 Å². The molecule has 0 aliphatic heterocycles. The Labute approximate surface area is 109 Å². The summed E-state index contributed by atoms with van der Waals surface area (Å²) in [5, 5.41) is 0.650. The van der Waals surface area contributed by atoms with Crippen molar-refractivity contribution in [3.63, 3.8) is 0 Å². The molecule has 0 bridgehead atoms. The van der Waals surface area contributed by atoms with Crippen molar-refractivity contribution in [1.29, 1.82) is 0 Å². The third kappa shape index (κ3) is 2.77. The summed E-state index contributed by atoms with van der Waals surface area (Å²) >= 11 is 9.39. The molecule has 0 fully saturated rings. The van der Waals surface area contributed by atoms with Crippen molar-refractivity contribution in [1.82, 2.24) is 0 Å². The lowest BCUT2D eigenvalue weighted by Gasteiger charge is -2.10. The van der Waals surface area contributed by atoms with Crippen LogP contribution in [0.1, 0.15) is 11.1 Å². The predicted molar refractivity (Wildman–Crippen MR) is 75.6 cm³/mol. The van der Waals surface area contributed by atoms with Crippen LogP contribution in [0.25, 0.3) is 5.57 Å². The quantitative estimate of drug-likeness (QED) is 0.822. The molecule has 0 aliphatic rings. The highest BCUT2D eigenvalue weighted by atomic mass is 79.9. The van der Waals surface area contributed by atoms with Crippen molar-refractivity contribution in [3.05, 3.63) is 63.8 Å². The summed E-state index contributed by atoms with van der Waals surface area (Å²) in [6.07, 6.45) is 1.68. The zero-order valence-corrected chi connectivity index (χ0v) is 11.4. The molecule has 2 N–H and O–H groups in total. The van der Waals surface area contributed by atoms with E-state index >= 15 is 0 Å². The third-order valence-electron chi connectivity index (χ3n) is 2.20. The first-order chi connectivity index (χ1) is 7.47. The number of benzene rings is 1. The smallest absolute Gasteiger partial charge is 0.0532 e. The molecule has 0 spiro atoms. The van der Waals surface area contributed by atoms with Gasteiger partial charge in [0.2, 0.25) is 0 Å². The summed E-state index contributed by atoms with van der Waals surface area (Å²) in [5.74, 6) is 0. The largest absolute Gasteiger partial charge is 0.397 e. The Morgan fingerprint density at radius 1 is 1.50 bits per heavy atom. The van der Waals surface area contributed by atoms with Crippen LogP contribution >= 0.6 is 27.5 Å². The van der Waals surface area contributed by atoms with Crippen LogP contribution in [0.2, 0.25) is 5.02 Å². The van der Waals surface area contributed by atoms with Gasteiger partial charge >= 0.3 is 0 Å². The van der Waals surface area contributed by atoms with Crippen molar-refractivity contribution < 1.29 is 0 Å². The SMILES string of the molecule is C=C/C(=C(/N)C(=C)Br)c1cc(C)ccc1Cl. The highest BCUT2D eigenvalue weighted by molar-refractivity contribution is 9.11. The third-order valence-corrected chi connectivity index (χ3v) is 2.96. The van der Waals surface area contributed by atoms with E-state index in [-0.39, 0.29) is 0 Å². The van der Waals surface area contributed by atoms with Gasteiger partial charge in [0, 0.05) is 20.6 Å². The molecule has 0 heterocycles. The normalized spacial score (nSPS) is 11.9. The first-order valence-corrected chi connectivity index (χ1v) is 5.88. The maximum Gasteiger partial charge on any atom is 0.0532 e. The van der Waals surface area contributed by atoms with E-state index in [0.717, 1.165) is 16.7 Å². The molecule has 84 valence electrons. The second-order valence-electron chi connectivity index (χ2n) is 3.42. The number of rotatable bonds is 3. The molecule has 0 radical (unpaired) electrons. The predicted octanol–water partition coefficient (Wildman–Crippen LogP) is 4.41. The van der Waals surface area contributed by atoms with E-state index in [1.54, 1.807) is 6.08 Å². The Morgan fingerprint density at radius 2 is 2.12 bits per heavy atom. The van der Waals surface area contributed by atoms with Gasteiger partial charge in [0.25, 0.3) is 0 Å². The first-order valence-electron chi connectivity index (χ1n) is 4.71. The minimum absolute atomic E-state index is 0.544. The highest BCUT2D eigenvalue weighted by Gasteiger charge is 2.09. The van der Waals surface area contributed by atoms with Crippen LogP contribution < -0.4 is 5.73 Å². The number of aryl methyl sites for hydroxylation is 1. The summed E-state index contributed by atoms with van der Waals surface area (Å²) in [6.45, 7) is 9.50.